The predicted octanol–water partition coefficient (Wildman–Crippen LogP) is 0.891. The van der Waals surface area contributed by atoms with Crippen LogP contribution >= 0.6 is 11.6 Å². The molecule has 0 aliphatic heterocycles. The third kappa shape index (κ3) is 5.06. The van der Waals surface area contributed by atoms with Gasteiger partial charge in [-0.3, -0.25) is 4.79 Å². The summed E-state index contributed by atoms with van der Waals surface area (Å²) in [5.74, 6) is -0.661. The molecular weight excluding hydrogens is 308 g/mol. The minimum absolute atomic E-state index is 0.117. The fraction of sp³-hybridized carbons (Fsp3) is 0.273. The van der Waals surface area contributed by atoms with Gasteiger partial charge in [0.25, 0.3) is 10.0 Å². The predicted molar refractivity (Wildman–Crippen MR) is 71.8 cm³/mol. The highest BCUT2D eigenvalue weighted by Crippen LogP contribution is 2.13. The normalized spacial score (nSPS) is 10.7. The topological polar surface area (TPSA) is 102 Å². The molecule has 20 heavy (non-hydrogen) atoms. The Morgan fingerprint density at radius 1 is 1.25 bits per heavy atom. The van der Waals surface area contributed by atoms with E-state index in [0.717, 1.165) is 0 Å². The van der Waals surface area contributed by atoms with Gasteiger partial charge in [0, 0.05) is 5.02 Å². The van der Waals surface area contributed by atoms with Crippen molar-refractivity contribution in [2.75, 3.05) is 13.2 Å². The minimum atomic E-state index is -4.01. The average Bonchev–Trinajstić information content (AvgIpc) is 2.37. The molecule has 0 unspecified atom stereocenters. The highest BCUT2D eigenvalue weighted by atomic mass is 35.5. The highest BCUT2D eigenvalue weighted by molar-refractivity contribution is 7.90. The molecule has 0 bridgehead atoms. The standard InChI is InChI=1S/C11H13ClN2O5S/c1-2-19-10(15)7-13-11(16)14-20(17,18)9-5-3-8(12)4-6-9/h3-6H,2,7H2,1H3,(H2,13,14,16). The monoisotopic (exact) mass is 320 g/mol. The van der Waals surface area contributed by atoms with Crippen molar-refractivity contribution in [1.82, 2.24) is 10.0 Å². The quantitative estimate of drug-likeness (QED) is 0.785. The van der Waals surface area contributed by atoms with E-state index >= 15 is 0 Å². The van der Waals surface area contributed by atoms with E-state index in [1.165, 1.54) is 24.3 Å². The second-order valence-electron chi connectivity index (χ2n) is 3.55. The first-order chi connectivity index (χ1) is 9.35. The maximum Gasteiger partial charge on any atom is 0.329 e. The van der Waals surface area contributed by atoms with Crippen molar-refractivity contribution in [2.24, 2.45) is 0 Å². The summed E-state index contributed by atoms with van der Waals surface area (Å²) >= 11 is 5.64. The number of esters is 1. The van der Waals surface area contributed by atoms with Gasteiger partial charge in [-0.1, -0.05) is 11.6 Å². The lowest BCUT2D eigenvalue weighted by Gasteiger charge is -2.08. The Balaban J connectivity index is 2.60. The van der Waals surface area contributed by atoms with Crippen LogP contribution in [0.15, 0.2) is 29.2 Å². The number of halogens is 1. The van der Waals surface area contributed by atoms with Crippen molar-refractivity contribution >= 4 is 33.6 Å². The molecule has 0 fully saturated rings. The fourth-order valence-corrected chi connectivity index (χ4v) is 2.25. The molecule has 1 aromatic carbocycles. The first-order valence-electron chi connectivity index (χ1n) is 5.57. The minimum Gasteiger partial charge on any atom is -0.465 e. The zero-order chi connectivity index (χ0) is 15.2. The lowest BCUT2D eigenvalue weighted by Crippen LogP contribution is -2.41. The van der Waals surface area contributed by atoms with E-state index in [1.54, 1.807) is 11.6 Å². The number of hydrogen-bond acceptors (Lipinski definition) is 5. The molecule has 7 nitrogen and oxygen atoms in total. The van der Waals surface area contributed by atoms with Gasteiger partial charge in [0.1, 0.15) is 6.54 Å². The van der Waals surface area contributed by atoms with Gasteiger partial charge in [0.05, 0.1) is 11.5 Å². The van der Waals surface area contributed by atoms with E-state index in [-0.39, 0.29) is 11.5 Å². The van der Waals surface area contributed by atoms with Gasteiger partial charge >= 0.3 is 12.0 Å². The van der Waals surface area contributed by atoms with Gasteiger partial charge in [-0.05, 0) is 31.2 Å². The van der Waals surface area contributed by atoms with Gasteiger partial charge in [-0.2, -0.15) is 0 Å². The van der Waals surface area contributed by atoms with E-state index < -0.39 is 28.6 Å². The largest absolute Gasteiger partial charge is 0.465 e. The zero-order valence-corrected chi connectivity index (χ0v) is 12.1. The third-order valence-corrected chi connectivity index (χ3v) is 3.65. The van der Waals surface area contributed by atoms with Crippen LogP contribution in [0, 0.1) is 0 Å². The molecule has 1 rings (SSSR count). The number of carbonyl (C=O) groups is 2. The number of carbonyl (C=O) groups excluding carboxylic acids is 2. The van der Waals surface area contributed by atoms with Gasteiger partial charge in [-0.15, -0.1) is 0 Å². The Kier molecular flexibility index (Phi) is 5.78. The summed E-state index contributed by atoms with van der Waals surface area (Å²) < 4.78 is 29.9. The van der Waals surface area contributed by atoms with Crippen molar-refractivity contribution < 1.29 is 22.7 Å². The second kappa shape index (κ2) is 7.11. The van der Waals surface area contributed by atoms with Crippen molar-refractivity contribution in [2.45, 2.75) is 11.8 Å². The maximum absolute atomic E-state index is 11.8. The molecule has 0 atom stereocenters. The molecule has 0 radical (unpaired) electrons. The first kappa shape index (κ1) is 16.3. The van der Waals surface area contributed by atoms with Gasteiger partial charge in [0.2, 0.25) is 0 Å². The zero-order valence-electron chi connectivity index (χ0n) is 10.6. The number of urea groups is 1. The Morgan fingerprint density at radius 3 is 2.40 bits per heavy atom. The second-order valence-corrected chi connectivity index (χ2v) is 5.67. The summed E-state index contributed by atoms with van der Waals surface area (Å²) in [5, 5.41) is 2.45. The Morgan fingerprint density at radius 2 is 1.85 bits per heavy atom. The number of ether oxygens (including phenoxy) is 1. The fourth-order valence-electron chi connectivity index (χ4n) is 1.20. The molecule has 0 saturated carbocycles. The molecule has 0 heterocycles. The number of sulfonamides is 1. The number of hydrogen-bond donors (Lipinski definition) is 2. The van der Waals surface area contributed by atoms with Crippen LogP contribution < -0.4 is 10.0 Å². The number of amides is 2. The lowest BCUT2D eigenvalue weighted by atomic mass is 10.4. The van der Waals surface area contributed by atoms with Crippen LogP contribution in [0.2, 0.25) is 5.02 Å². The van der Waals surface area contributed by atoms with Crippen molar-refractivity contribution in [3.8, 4) is 0 Å². The molecule has 1 aromatic rings. The summed E-state index contributed by atoms with van der Waals surface area (Å²) in [6.07, 6.45) is 0. The lowest BCUT2D eigenvalue weighted by molar-refractivity contribution is -0.141. The summed E-state index contributed by atoms with van der Waals surface area (Å²) in [5.41, 5.74) is 0. The van der Waals surface area contributed by atoms with Crippen molar-refractivity contribution in [3.63, 3.8) is 0 Å². The molecule has 2 N–H and O–H groups in total. The van der Waals surface area contributed by atoms with Crippen molar-refractivity contribution in [3.05, 3.63) is 29.3 Å². The summed E-state index contributed by atoms with van der Waals surface area (Å²) in [6.45, 7) is 1.37. The first-order valence-corrected chi connectivity index (χ1v) is 7.43. The summed E-state index contributed by atoms with van der Waals surface area (Å²) in [7, 11) is -4.01. The Bertz CT molecular complexity index is 585. The average molecular weight is 321 g/mol. The number of benzene rings is 1. The molecule has 2 amide bonds. The smallest absolute Gasteiger partial charge is 0.329 e. The molecule has 9 heteroatoms. The molecule has 0 aromatic heterocycles. The van der Waals surface area contributed by atoms with E-state index in [1.807, 2.05) is 0 Å². The molecule has 110 valence electrons. The number of nitrogens with one attached hydrogen (secondary N) is 2. The van der Waals surface area contributed by atoms with Crippen LogP contribution in [0.25, 0.3) is 0 Å². The van der Waals surface area contributed by atoms with Crippen LogP contribution in [0.5, 0.6) is 0 Å². The van der Waals surface area contributed by atoms with Gasteiger partial charge in [0.15, 0.2) is 0 Å². The van der Waals surface area contributed by atoms with Crippen LogP contribution in [0.4, 0.5) is 4.79 Å². The van der Waals surface area contributed by atoms with Gasteiger partial charge < -0.3 is 10.1 Å². The molecular formula is C11H13ClN2O5S. The van der Waals surface area contributed by atoms with Crippen molar-refractivity contribution in [1.29, 1.82) is 0 Å². The van der Waals surface area contributed by atoms with Crippen LogP contribution in [-0.2, 0) is 19.6 Å². The maximum atomic E-state index is 11.8. The van der Waals surface area contributed by atoms with E-state index in [4.69, 9.17) is 11.6 Å². The van der Waals surface area contributed by atoms with Crippen LogP contribution in [-0.4, -0.2) is 33.6 Å². The van der Waals surface area contributed by atoms with E-state index in [2.05, 4.69) is 10.1 Å². The molecule has 0 aliphatic rings. The Hall–Kier alpha value is -1.80. The van der Waals surface area contributed by atoms with Crippen LogP contribution in [0.3, 0.4) is 0 Å². The van der Waals surface area contributed by atoms with E-state index in [0.29, 0.717) is 5.02 Å². The molecule has 0 saturated heterocycles. The van der Waals surface area contributed by atoms with E-state index in [9.17, 15) is 18.0 Å². The summed E-state index contributed by atoms with van der Waals surface area (Å²) in [6, 6.07) is 4.25. The van der Waals surface area contributed by atoms with Crippen LogP contribution in [0.1, 0.15) is 6.92 Å². The summed E-state index contributed by atoms with van der Waals surface area (Å²) in [4.78, 5) is 22.2. The Labute approximate surface area is 121 Å². The highest BCUT2D eigenvalue weighted by Gasteiger charge is 2.17. The molecule has 0 spiro atoms. The number of rotatable bonds is 5. The SMILES string of the molecule is CCOC(=O)CNC(=O)NS(=O)(=O)c1ccc(Cl)cc1. The molecule has 0 aliphatic carbocycles. The van der Waals surface area contributed by atoms with Gasteiger partial charge in [-0.25, -0.2) is 17.9 Å². The third-order valence-electron chi connectivity index (χ3n) is 2.05.